The maximum atomic E-state index is 5.50. The van der Waals surface area contributed by atoms with Crippen LogP contribution in [0.2, 0.25) is 0 Å². The second kappa shape index (κ2) is 8.89. The lowest BCUT2D eigenvalue weighted by Crippen LogP contribution is -2.31. The summed E-state index contributed by atoms with van der Waals surface area (Å²) in [5.41, 5.74) is 2.99. The largest absolute Gasteiger partial charge is 0.498 e. The first kappa shape index (κ1) is 17.8. The highest BCUT2D eigenvalue weighted by Crippen LogP contribution is 2.36. The van der Waals surface area contributed by atoms with Gasteiger partial charge in [0.2, 0.25) is 0 Å². The summed E-state index contributed by atoms with van der Waals surface area (Å²) in [6, 6.07) is 8.67. The van der Waals surface area contributed by atoms with Crippen LogP contribution < -0.4 is 0 Å². The number of benzene rings is 1. The van der Waals surface area contributed by atoms with Gasteiger partial charge in [-0.15, -0.1) is 0 Å². The molecule has 2 nitrogen and oxygen atoms in total. The first-order valence-corrected chi connectivity index (χ1v) is 8.12. The predicted molar refractivity (Wildman–Crippen MR) is 89.7 cm³/mol. The van der Waals surface area contributed by atoms with E-state index in [-0.39, 0.29) is 5.41 Å². The Morgan fingerprint density at radius 1 is 1.24 bits per heavy atom. The summed E-state index contributed by atoms with van der Waals surface area (Å²) in [5, 5.41) is 0. The van der Waals surface area contributed by atoms with Crippen LogP contribution in [0, 0.1) is 0 Å². The summed E-state index contributed by atoms with van der Waals surface area (Å²) in [4.78, 5) is 0. The summed E-state index contributed by atoms with van der Waals surface area (Å²) < 4.78 is 11.0. The molecule has 0 N–H and O–H groups in total. The summed E-state index contributed by atoms with van der Waals surface area (Å²) >= 11 is 0. The van der Waals surface area contributed by atoms with Gasteiger partial charge in [-0.1, -0.05) is 51.6 Å². The normalized spacial score (nSPS) is 16.6. The third-order valence-corrected chi connectivity index (χ3v) is 4.00. The van der Waals surface area contributed by atoms with Gasteiger partial charge < -0.3 is 9.47 Å². The van der Waals surface area contributed by atoms with Gasteiger partial charge in [0.25, 0.3) is 0 Å². The van der Waals surface area contributed by atoms with Crippen molar-refractivity contribution in [3.05, 3.63) is 47.7 Å². The molecule has 1 aromatic rings. The molecular weight excluding hydrogens is 260 g/mol. The van der Waals surface area contributed by atoms with Crippen molar-refractivity contribution >= 4 is 0 Å². The zero-order valence-corrected chi connectivity index (χ0v) is 14.1. The summed E-state index contributed by atoms with van der Waals surface area (Å²) in [6.45, 7) is 14.7. The molecular formula is C19H30O2. The molecule has 2 rings (SSSR count). The molecule has 21 heavy (non-hydrogen) atoms. The molecule has 0 bridgehead atoms. The van der Waals surface area contributed by atoms with Crippen LogP contribution in [0.5, 0.6) is 0 Å². The zero-order valence-electron chi connectivity index (χ0n) is 14.1. The van der Waals surface area contributed by atoms with Crippen LogP contribution in [0.3, 0.4) is 0 Å². The minimum absolute atomic E-state index is 0.224. The summed E-state index contributed by atoms with van der Waals surface area (Å²) in [7, 11) is 0. The highest BCUT2D eigenvalue weighted by Gasteiger charge is 2.31. The molecule has 1 aromatic carbocycles. The van der Waals surface area contributed by atoms with Crippen molar-refractivity contribution in [3.8, 4) is 0 Å². The van der Waals surface area contributed by atoms with E-state index >= 15 is 0 Å². The molecule has 0 unspecified atom stereocenters. The van der Waals surface area contributed by atoms with E-state index in [1.165, 1.54) is 11.1 Å². The van der Waals surface area contributed by atoms with E-state index < -0.39 is 0 Å². The van der Waals surface area contributed by atoms with Gasteiger partial charge in [-0.25, -0.2) is 0 Å². The number of hydrogen-bond donors (Lipinski definition) is 0. The van der Waals surface area contributed by atoms with Crippen molar-refractivity contribution in [2.75, 3.05) is 19.8 Å². The van der Waals surface area contributed by atoms with Gasteiger partial charge >= 0.3 is 0 Å². The van der Waals surface area contributed by atoms with E-state index in [4.69, 9.17) is 9.47 Å². The SMILES string of the molecule is C=C(Cc1ccccc1C1(C)CCOCC1)OCC.CC. The molecule has 1 aliphatic heterocycles. The van der Waals surface area contributed by atoms with Crippen molar-refractivity contribution in [2.24, 2.45) is 0 Å². The molecule has 0 radical (unpaired) electrons. The number of rotatable bonds is 5. The minimum Gasteiger partial charge on any atom is -0.498 e. The highest BCUT2D eigenvalue weighted by atomic mass is 16.5. The van der Waals surface area contributed by atoms with E-state index in [1.807, 2.05) is 20.8 Å². The topological polar surface area (TPSA) is 18.5 Å². The smallest absolute Gasteiger partial charge is 0.0931 e. The van der Waals surface area contributed by atoms with Crippen LogP contribution in [-0.4, -0.2) is 19.8 Å². The monoisotopic (exact) mass is 290 g/mol. The van der Waals surface area contributed by atoms with E-state index in [2.05, 4.69) is 37.8 Å². The molecule has 0 atom stereocenters. The van der Waals surface area contributed by atoms with Gasteiger partial charge in [-0.05, 0) is 36.3 Å². The van der Waals surface area contributed by atoms with Crippen molar-refractivity contribution in [1.29, 1.82) is 0 Å². The number of ether oxygens (including phenoxy) is 2. The maximum absolute atomic E-state index is 5.50. The quantitative estimate of drug-likeness (QED) is 0.720. The lowest BCUT2D eigenvalue weighted by atomic mass is 9.74. The molecule has 0 aromatic heterocycles. The van der Waals surface area contributed by atoms with Gasteiger partial charge in [0.1, 0.15) is 0 Å². The molecule has 1 aliphatic rings. The maximum Gasteiger partial charge on any atom is 0.0931 e. The van der Waals surface area contributed by atoms with Gasteiger partial charge in [-0.3, -0.25) is 0 Å². The number of allylic oxidation sites excluding steroid dienone is 1. The van der Waals surface area contributed by atoms with Gasteiger partial charge in [0.05, 0.1) is 12.4 Å². The Bertz CT molecular complexity index is 431. The van der Waals surface area contributed by atoms with E-state index in [0.29, 0.717) is 6.61 Å². The standard InChI is InChI=1S/C17H24O2.C2H6/c1-4-19-14(2)13-15-7-5-6-8-16(15)17(3)9-11-18-12-10-17;1-2/h5-8H,2,4,9-13H2,1,3H3;1-2H3. The van der Waals surface area contributed by atoms with Crippen LogP contribution in [0.25, 0.3) is 0 Å². The second-order valence-corrected chi connectivity index (χ2v) is 5.48. The molecule has 1 heterocycles. The van der Waals surface area contributed by atoms with Gasteiger partial charge in [-0.2, -0.15) is 0 Å². The van der Waals surface area contributed by atoms with Crippen molar-refractivity contribution < 1.29 is 9.47 Å². The fourth-order valence-corrected chi connectivity index (χ4v) is 2.82. The van der Waals surface area contributed by atoms with Crippen LogP contribution >= 0.6 is 0 Å². The van der Waals surface area contributed by atoms with E-state index in [1.54, 1.807) is 0 Å². The molecule has 0 saturated carbocycles. The molecule has 0 spiro atoms. The molecule has 1 fully saturated rings. The van der Waals surface area contributed by atoms with Crippen molar-refractivity contribution in [1.82, 2.24) is 0 Å². The third-order valence-electron chi connectivity index (χ3n) is 4.00. The van der Waals surface area contributed by atoms with Gasteiger partial charge in [0, 0.05) is 19.6 Å². The first-order chi connectivity index (χ1) is 10.2. The van der Waals surface area contributed by atoms with Gasteiger partial charge in [0.15, 0.2) is 0 Å². The van der Waals surface area contributed by atoms with Crippen molar-refractivity contribution in [2.45, 2.75) is 52.4 Å². The Balaban J connectivity index is 0.00000106. The zero-order chi connectivity index (χ0) is 15.7. The van der Waals surface area contributed by atoms with Crippen LogP contribution in [-0.2, 0) is 21.3 Å². The lowest BCUT2D eigenvalue weighted by Gasteiger charge is -2.35. The van der Waals surface area contributed by atoms with Crippen LogP contribution in [0.15, 0.2) is 36.6 Å². The predicted octanol–water partition coefficient (Wildman–Crippen LogP) is 4.87. The third kappa shape index (κ3) is 4.89. The molecule has 2 heteroatoms. The minimum atomic E-state index is 0.224. The van der Waals surface area contributed by atoms with Crippen LogP contribution in [0.4, 0.5) is 0 Å². The molecule has 0 aliphatic carbocycles. The fraction of sp³-hybridized carbons (Fsp3) is 0.579. The Morgan fingerprint density at radius 3 is 2.48 bits per heavy atom. The fourth-order valence-electron chi connectivity index (χ4n) is 2.82. The number of hydrogen-bond acceptors (Lipinski definition) is 2. The molecule has 0 amide bonds. The first-order valence-electron chi connectivity index (χ1n) is 8.12. The summed E-state index contributed by atoms with van der Waals surface area (Å²) in [6.07, 6.45) is 2.98. The van der Waals surface area contributed by atoms with Crippen molar-refractivity contribution in [3.63, 3.8) is 0 Å². The lowest BCUT2D eigenvalue weighted by molar-refractivity contribution is 0.0561. The summed E-state index contributed by atoms with van der Waals surface area (Å²) in [5.74, 6) is 0.852. The average Bonchev–Trinajstić information content (AvgIpc) is 2.51. The Labute approximate surface area is 130 Å². The molecule has 118 valence electrons. The second-order valence-electron chi connectivity index (χ2n) is 5.48. The van der Waals surface area contributed by atoms with Crippen LogP contribution in [0.1, 0.15) is 51.7 Å². The van der Waals surface area contributed by atoms with E-state index in [0.717, 1.165) is 38.2 Å². The Morgan fingerprint density at radius 2 is 1.86 bits per heavy atom. The Hall–Kier alpha value is -1.28. The highest BCUT2D eigenvalue weighted by molar-refractivity contribution is 5.36. The molecule has 1 saturated heterocycles. The average molecular weight is 290 g/mol. The Kier molecular flexibility index (Phi) is 7.52. The van der Waals surface area contributed by atoms with E-state index in [9.17, 15) is 0 Å².